The summed E-state index contributed by atoms with van der Waals surface area (Å²) in [6.07, 6.45) is 3.18. The minimum Gasteiger partial charge on any atom is -0.493 e. The Hall–Kier alpha value is -3.04. The molecule has 1 fully saturated rings. The summed E-state index contributed by atoms with van der Waals surface area (Å²) in [5.41, 5.74) is 1.51. The van der Waals surface area contributed by atoms with Crippen LogP contribution < -0.4 is 14.2 Å². The third-order valence-electron chi connectivity index (χ3n) is 5.40. The number of piperazine rings is 1. The fraction of sp³-hybridized carbons (Fsp3) is 0.348. The molecular weight excluding hydrogens is 432 g/mol. The zero-order valence-electron chi connectivity index (χ0n) is 17.9. The maximum absolute atomic E-state index is 12.7. The lowest BCUT2D eigenvalue weighted by atomic mass is 10.1. The van der Waals surface area contributed by atoms with Gasteiger partial charge in [-0.1, -0.05) is 30.3 Å². The van der Waals surface area contributed by atoms with Crippen molar-refractivity contribution in [3.63, 3.8) is 0 Å². The van der Waals surface area contributed by atoms with E-state index in [-0.39, 0.29) is 24.7 Å². The summed E-state index contributed by atoms with van der Waals surface area (Å²) >= 11 is 0. The number of carbonyl (C=O) groups excluding carboxylic acids is 1. The third-order valence-corrected chi connectivity index (χ3v) is 7.25. The van der Waals surface area contributed by atoms with E-state index in [0.29, 0.717) is 43.6 Å². The van der Waals surface area contributed by atoms with Crippen LogP contribution in [-0.4, -0.2) is 70.0 Å². The van der Waals surface area contributed by atoms with Gasteiger partial charge in [-0.05, 0) is 29.3 Å². The maximum Gasteiger partial charge on any atom is 0.246 e. The minimum absolute atomic E-state index is 0.0341. The molecule has 0 spiro atoms. The van der Waals surface area contributed by atoms with Crippen molar-refractivity contribution in [3.8, 4) is 17.2 Å². The van der Waals surface area contributed by atoms with Crippen molar-refractivity contribution in [1.29, 1.82) is 0 Å². The van der Waals surface area contributed by atoms with Crippen LogP contribution in [0, 0.1) is 0 Å². The Morgan fingerprint density at radius 2 is 1.78 bits per heavy atom. The zero-order valence-corrected chi connectivity index (χ0v) is 18.7. The Morgan fingerprint density at radius 3 is 2.50 bits per heavy atom. The van der Waals surface area contributed by atoms with Crippen LogP contribution in [0.25, 0.3) is 6.08 Å². The molecule has 8 nitrogen and oxygen atoms in total. The molecule has 1 amide bonds. The molecule has 2 aliphatic heterocycles. The number of ether oxygens (including phenoxy) is 3. The molecule has 0 radical (unpaired) electrons. The largest absolute Gasteiger partial charge is 0.493 e. The van der Waals surface area contributed by atoms with Gasteiger partial charge in [0.05, 0.1) is 12.9 Å². The average Bonchev–Trinajstić information content (AvgIpc) is 2.82. The van der Waals surface area contributed by atoms with Crippen LogP contribution in [0.5, 0.6) is 17.2 Å². The van der Waals surface area contributed by atoms with Gasteiger partial charge in [-0.2, -0.15) is 4.31 Å². The highest BCUT2D eigenvalue weighted by Gasteiger charge is 2.28. The van der Waals surface area contributed by atoms with Crippen LogP contribution in [0.4, 0.5) is 0 Å². The zero-order chi connectivity index (χ0) is 22.6. The molecule has 0 aliphatic carbocycles. The van der Waals surface area contributed by atoms with E-state index in [1.807, 2.05) is 18.2 Å². The second-order valence-corrected chi connectivity index (χ2v) is 9.52. The van der Waals surface area contributed by atoms with E-state index in [4.69, 9.17) is 14.2 Å². The highest BCUT2D eigenvalue weighted by molar-refractivity contribution is 7.88. The van der Waals surface area contributed by atoms with Gasteiger partial charge >= 0.3 is 0 Å². The van der Waals surface area contributed by atoms with Gasteiger partial charge in [-0.3, -0.25) is 4.79 Å². The van der Waals surface area contributed by atoms with Gasteiger partial charge in [0.2, 0.25) is 21.7 Å². The quantitative estimate of drug-likeness (QED) is 0.617. The molecule has 0 aromatic heterocycles. The predicted octanol–water partition coefficient (Wildman–Crippen LogP) is 2.15. The number of hydrogen-bond acceptors (Lipinski definition) is 6. The van der Waals surface area contributed by atoms with Gasteiger partial charge in [-0.15, -0.1) is 0 Å². The number of fused-ring (bicyclic) bond motifs is 1. The molecule has 0 bridgehead atoms. The molecule has 1 saturated heterocycles. The number of hydrogen-bond donors (Lipinski definition) is 0. The van der Waals surface area contributed by atoms with Crippen LogP contribution in [-0.2, 0) is 20.6 Å². The fourth-order valence-electron chi connectivity index (χ4n) is 3.73. The summed E-state index contributed by atoms with van der Waals surface area (Å²) in [6.45, 7) is 2.19. The number of amides is 1. The number of sulfonamides is 1. The number of carbonyl (C=O) groups is 1. The van der Waals surface area contributed by atoms with E-state index >= 15 is 0 Å². The monoisotopic (exact) mass is 458 g/mol. The topological polar surface area (TPSA) is 85.4 Å². The van der Waals surface area contributed by atoms with E-state index in [1.54, 1.807) is 42.4 Å². The van der Waals surface area contributed by atoms with Gasteiger partial charge in [-0.25, -0.2) is 8.42 Å². The van der Waals surface area contributed by atoms with Crippen molar-refractivity contribution in [1.82, 2.24) is 9.21 Å². The second-order valence-electron chi connectivity index (χ2n) is 7.55. The molecule has 2 heterocycles. The van der Waals surface area contributed by atoms with Crippen LogP contribution in [0.1, 0.15) is 11.1 Å². The molecule has 32 heavy (non-hydrogen) atoms. The lowest BCUT2D eigenvalue weighted by Gasteiger charge is -2.33. The van der Waals surface area contributed by atoms with Crippen LogP contribution in [0.15, 0.2) is 48.5 Å². The summed E-state index contributed by atoms with van der Waals surface area (Å²) in [7, 11) is -1.87. The van der Waals surface area contributed by atoms with Gasteiger partial charge in [0.15, 0.2) is 11.5 Å². The lowest BCUT2D eigenvalue weighted by Crippen LogP contribution is -2.50. The summed E-state index contributed by atoms with van der Waals surface area (Å²) in [5, 5.41) is 0. The Balaban J connectivity index is 1.36. The first-order valence-electron chi connectivity index (χ1n) is 10.4. The lowest BCUT2D eigenvalue weighted by molar-refractivity contribution is -0.127. The third kappa shape index (κ3) is 5.05. The fourth-order valence-corrected chi connectivity index (χ4v) is 5.24. The summed E-state index contributed by atoms with van der Waals surface area (Å²) in [5.74, 6) is 1.49. The predicted molar refractivity (Wildman–Crippen MR) is 120 cm³/mol. The Labute approximate surface area is 188 Å². The molecule has 0 N–H and O–H groups in total. The van der Waals surface area contributed by atoms with E-state index < -0.39 is 10.0 Å². The van der Waals surface area contributed by atoms with Gasteiger partial charge in [0, 0.05) is 32.3 Å². The smallest absolute Gasteiger partial charge is 0.246 e. The van der Waals surface area contributed by atoms with E-state index in [0.717, 1.165) is 11.1 Å². The van der Waals surface area contributed by atoms with E-state index in [2.05, 4.69) is 0 Å². The Kier molecular flexibility index (Phi) is 6.66. The number of methoxy groups -OCH3 is 1. The standard InChI is InChI=1S/C23H26N2O6S/c1-29-20-15-19(16-21-23(20)31-14-13-30-21)7-8-22(26)24-9-11-25(12-10-24)32(27,28)17-18-5-3-2-4-6-18/h2-8,15-16H,9-14,17H2,1H3/b8-7+. The van der Waals surface area contributed by atoms with Crippen molar-refractivity contribution < 1.29 is 27.4 Å². The van der Waals surface area contributed by atoms with Gasteiger partial charge < -0.3 is 19.1 Å². The molecule has 2 aliphatic rings. The molecule has 2 aromatic carbocycles. The highest BCUT2D eigenvalue weighted by Crippen LogP contribution is 2.40. The van der Waals surface area contributed by atoms with Crippen molar-refractivity contribution in [2.75, 3.05) is 46.5 Å². The molecule has 9 heteroatoms. The van der Waals surface area contributed by atoms with Crippen molar-refractivity contribution >= 4 is 22.0 Å². The molecular formula is C23H26N2O6S. The first kappa shape index (κ1) is 22.2. The maximum atomic E-state index is 12.7. The minimum atomic E-state index is -3.42. The Morgan fingerprint density at radius 1 is 1.06 bits per heavy atom. The SMILES string of the molecule is COc1cc(/C=C/C(=O)N2CCN(S(=O)(=O)Cc3ccccc3)CC2)cc2c1OCCO2. The van der Waals surface area contributed by atoms with Crippen molar-refractivity contribution in [2.45, 2.75) is 5.75 Å². The first-order valence-corrected chi connectivity index (χ1v) is 12.0. The van der Waals surface area contributed by atoms with E-state index in [9.17, 15) is 13.2 Å². The Bertz CT molecular complexity index is 1080. The van der Waals surface area contributed by atoms with Gasteiger partial charge in [0.25, 0.3) is 0 Å². The molecule has 0 atom stereocenters. The van der Waals surface area contributed by atoms with E-state index in [1.165, 1.54) is 10.4 Å². The normalized spacial score (nSPS) is 16.8. The number of nitrogens with zero attached hydrogens (tertiary/aromatic N) is 2. The summed E-state index contributed by atoms with van der Waals surface area (Å²) < 4.78 is 43.4. The number of benzene rings is 2. The summed E-state index contributed by atoms with van der Waals surface area (Å²) in [6, 6.07) is 12.7. The average molecular weight is 459 g/mol. The van der Waals surface area contributed by atoms with Crippen molar-refractivity contribution in [3.05, 3.63) is 59.7 Å². The number of rotatable bonds is 6. The molecule has 0 saturated carbocycles. The van der Waals surface area contributed by atoms with Crippen molar-refractivity contribution in [2.24, 2.45) is 0 Å². The van der Waals surface area contributed by atoms with Crippen LogP contribution >= 0.6 is 0 Å². The summed E-state index contributed by atoms with van der Waals surface area (Å²) in [4.78, 5) is 14.3. The first-order chi connectivity index (χ1) is 15.5. The second kappa shape index (κ2) is 9.62. The van der Waals surface area contributed by atoms with Crippen LogP contribution in [0.3, 0.4) is 0 Å². The molecule has 4 rings (SSSR count). The van der Waals surface area contributed by atoms with Crippen LogP contribution in [0.2, 0.25) is 0 Å². The molecule has 0 unspecified atom stereocenters. The van der Waals surface area contributed by atoms with Gasteiger partial charge in [0.1, 0.15) is 13.2 Å². The molecule has 2 aromatic rings. The molecule has 170 valence electrons. The highest BCUT2D eigenvalue weighted by atomic mass is 32.2.